The third-order valence-electron chi connectivity index (χ3n) is 4.48. The summed E-state index contributed by atoms with van der Waals surface area (Å²) in [5.41, 5.74) is 0.991. The number of hydrogen-bond donors (Lipinski definition) is 1. The van der Waals surface area contributed by atoms with Gasteiger partial charge in [-0.25, -0.2) is 8.42 Å². The van der Waals surface area contributed by atoms with Crippen molar-refractivity contribution < 1.29 is 17.9 Å². The average molecular weight is 484 g/mol. The number of carbonyl (C=O) groups excluding carboxylic acids is 1. The Hall–Kier alpha value is -1.94. The molecule has 158 valence electrons. The van der Waals surface area contributed by atoms with E-state index in [9.17, 15) is 13.2 Å². The number of amides is 1. The lowest BCUT2D eigenvalue weighted by Crippen LogP contribution is -2.41. The second-order valence-electron chi connectivity index (χ2n) is 6.78. The van der Waals surface area contributed by atoms with Gasteiger partial charge in [0.2, 0.25) is 15.9 Å². The molecular formula is C20H26BrN3O4S. The minimum Gasteiger partial charge on any atom is -0.497 e. The number of sulfonamides is 1. The fourth-order valence-corrected chi connectivity index (χ4v) is 4.18. The van der Waals surface area contributed by atoms with Crippen LogP contribution in [-0.4, -0.2) is 64.9 Å². The minimum atomic E-state index is -3.74. The molecular weight excluding hydrogens is 458 g/mol. The topological polar surface area (TPSA) is 79.0 Å². The van der Waals surface area contributed by atoms with Crippen molar-refractivity contribution in [2.24, 2.45) is 0 Å². The van der Waals surface area contributed by atoms with Crippen LogP contribution in [0.1, 0.15) is 11.6 Å². The molecule has 1 atom stereocenters. The Balaban J connectivity index is 2.02. The monoisotopic (exact) mass is 483 g/mol. The maximum Gasteiger partial charge on any atom is 0.243 e. The van der Waals surface area contributed by atoms with Gasteiger partial charge in [0.1, 0.15) is 5.75 Å². The van der Waals surface area contributed by atoms with Crippen molar-refractivity contribution in [3.8, 4) is 5.75 Å². The summed E-state index contributed by atoms with van der Waals surface area (Å²) in [5, 5.41) is 2.83. The van der Waals surface area contributed by atoms with E-state index in [-0.39, 0.29) is 23.4 Å². The van der Waals surface area contributed by atoms with Crippen LogP contribution in [-0.2, 0) is 14.8 Å². The Morgan fingerprint density at radius 3 is 2.38 bits per heavy atom. The first-order chi connectivity index (χ1) is 13.6. The molecule has 0 radical (unpaired) electrons. The maximum atomic E-state index is 12.6. The van der Waals surface area contributed by atoms with Crippen LogP contribution in [0, 0.1) is 0 Å². The molecule has 29 heavy (non-hydrogen) atoms. The molecule has 0 heterocycles. The molecule has 0 saturated heterocycles. The molecule has 7 nitrogen and oxygen atoms in total. The number of halogens is 1. The second-order valence-corrected chi connectivity index (χ2v) is 9.74. The fraction of sp³-hybridized carbons (Fsp3) is 0.350. The largest absolute Gasteiger partial charge is 0.497 e. The third kappa shape index (κ3) is 6.27. The molecule has 2 aromatic carbocycles. The van der Waals surface area contributed by atoms with Gasteiger partial charge in [-0.2, -0.15) is 4.31 Å². The Bertz CT molecular complexity index is 933. The summed E-state index contributed by atoms with van der Waals surface area (Å²) in [6, 6.07) is 13.8. The van der Waals surface area contributed by atoms with Crippen molar-refractivity contribution in [1.29, 1.82) is 0 Å². The predicted octanol–water partition coefficient (Wildman–Crippen LogP) is 2.50. The maximum absolute atomic E-state index is 12.6. The zero-order chi connectivity index (χ0) is 21.6. The van der Waals surface area contributed by atoms with Gasteiger partial charge in [0.25, 0.3) is 0 Å². The average Bonchev–Trinajstić information content (AvgIpc) is 2.68. The Kier molecular flexibility index (Phi) is 8.21. The van der Waals surface area contributed by atoms with Crippen LogP contribution in [0.15, 0.2) is 57.9 Å². The number of ether oxygens (including phenoxy) is 1. The quantitative estimate of drug-likeness (QED) is 0.592. The zero-order valence-corrected chi connectivity index (χ0v) is 19.3. The molecule has 0 bridgehead atoms. The molecule has 1 N–H and O–H groups in total. The number of nitrogens with one attached hydrogen (secondary N) is 1. The number of rotatable bonds is 9. The highest BCUT2D eigenvalue weighted by molar-refractivity contribution is 9.10. The summed E-state index contributed by atoms with van der Waals surface area (Å²) < 4.78 is 32.3. The van der Waals surface area contributed by atoms with Gasteiger partial charge in [-0.1, -0.05) is 28.1 Å². The summed E-state index contributed by atoms with van der Waals surface area (Å²) >= 11 is 3.28. The van der Waals surface area contributed by atoms with Gasteiger partial charge in [0.15, 0.2) is 0 Å². The lowest BCUT2D eigenvalue weighted by atomic mass is 10.1. The summed E-state index contributed by atoms with van der Waals surface area (Å²) in [7, 11) is 3.09. The highest BCUT2D eigenvalue weighted by Crippen LogP contribution is 2.22. The minimum absolute atomic E-state index is 0.0811. The highest BCUT2D eigenvalue weighted by Gasteiger charge is 2.23. The SMILES string of the molecule is COc1cccc(C(CNC(=O)CN(C)S(=O)(=O)c2ccc(Br)cc2)N(C)C)c1. The van der Waals surface area contributed by atoms with Crippen LogP contribution in [0.5, 0.6) is 5.75 Å². The van der Waals surface area contributed by atoms with Gasteiger partial charge < -0.3 is 15.0 Å². The lowest BCUT2D eigenvalue weighted by molar-refractivity contribution is -0.121. The molecule has 0 aliphatic carbocycles. The van der Waals surface area contributed by atoms with E-state index < -0.39 is 10.0 Å². The first kappa shape index (κ1) is 23.3. The first-order valence-corrected chi connectivity index (χ1v) is 11.2. The second kappa shape index (κ2) is 10.2. The van der Waals surface area contributed by atoms with Gasteiger partial charge in [-0.05, 0) is 56.1 Å². The number of carbonyl (C=O) groups is 1. The number of nitrogens with zero attached hydrogens (tertiary/aromatic N) is 2. The molecule has 9 heteroatoms. The van der Waals surface area contributed by atoms with Gasteiger partial charge in [-0.15, -0.1) is 0 Å². The van der Waals surface area contributed by atoms with Crippen molar-refractivity contribution in [3.63, 3.8) is 0 Å². The number of likely N-dealkylation sites (N-methyl/N-ethyl adjacent to an activating group) is 2. The van der Waals surface area contributed by atoms with E-state index in [0.717, 1.165) is 20.1 Å². The molecule has 0 saturated carbocycles. The predicted molar refractivity (Wildman–Crippen MR) is 116 cm³/mol. The molecule has 2 aromatic rings. The van der Waals surface area contributed by atoms with Crippen LogP contribution in [0.25, 0.3) is 0 Å². The van der Waals surface area contributed by atoms with Crippen LogP contribution < -0.4 is 10.1 Å². The Morgan fingerprint density at radius 1 is 1.14 bits per heavy atom. The molecule has 0 fully saturated rings. The van der Waals surface area contributed by atoms with Crippen LogP contribution in [0.3, 0.4) is 0 Å². The molecule has 1 unspecified atom stereocenters. The fourth-order valence-electron chi connectivity index (χ4n) is 2.79. The Morgan fingerprint density at radius 2 is 1.79 bits per heavy atom. The standard InChI is InChI=1S/C20H26BrN3O4S/c1-23(2)19(15-6-5-7-17(12-15)28-4)13-22-20(25)14-24(3)29(26,27)18-10-8-16(21)9-11-18/h5-12,19H,13-14H2,1-4H3,(H,22,25). The van der Waals surface area contributed by atoms with Crippen LogP contribution in [0.4, 0.5) is 0 Å². The smallest absolute Gasteiger partial charge is 0.243 e. The van der Waals surface area contributed by atoms with E-state index in [1.807, 2.05) is 43.3 Å². The van der Waals surface area contributed by atoms with Crippen LogP contribution in [0.2, 0.25) is 0 Å². The molecule has 0 spiro atoms. The van der Waals surface area contributed by atoms with E-state index in [4.69, 9.17) is 4.74 Å². The van der Waals surface area contributed by atoms with E-state index in [2.05, 4.69) is 21.2 Å². The van der Waals surface area contributed by atoms with Crippen molar-refractivity contribution >= 4 is 31.9 Å². The summed E-state index contributed by atoms with van der Waals surface area (Å²) in [4.78, 5) is 14.5. The summed E-state index contributed by atoms with van der Waals surface area (Å²) in [5.74, 6) is 0.365. The van der Waals surface area contributed by atoms with E-state index in [0.29, 0.717) is 6.54 Å². The summed E-state index contributed by atoms with van der Waals surface area (Å²) in [6.45, 7) is 0.0713. The molecule has 0 aliphatic heterocycles. The third-order valence-corrected chi connectivity index (χ3v) is 6.83. The number of methoxy groups -OCH3 is 1. The normalized spacial score (nSPS) is 12.8. The van der Waals surface area contributed by atoms with Crippen molar-refractivity contribution in [3.05, 3.63) is 58.6 Å². The van der Waals surface area contributed by atoms with Crippen molar-refractivity contribution in [2.45, 2.75) is 10.9 Å². The number of hydrogen-bond acceptors (Lipinski definition) is 5. The van der Waals surface area contributed by atoms with Gasteiger partial charge in [0, 0.05) is 18.1 Å². The molecule has 0 aliphatic rings. The molecule has 0 aromatic heterocycles. The van der Waals surface area contributed by atoms with Gasteiger partial charge >= 0.3 is 0 Å². The van der Waals surface area contributed by atoms with E-state index >= 15 is 0 Å². The van der Waals surface area contributed by atoms with E-state index in [1.54, 1.807) is 19.2 Å². The van der Waals surface area contributed by atoms with Gasteiger partial charge in [-0.3, -0.25) is 4.79 Å². The first-order valence-electron chi connectivity index (χ1n) is 8.94. The van der Waals surface area contributed by atoms with E-state index in [1.165, 1.54) is 19.2 Å². The van der Waals surface area contributed by atoms with Crippen LogP contribution >= 0.6 is 15.9 Å². The Labute approximate surface area is 180 Å². The highest BCUT2D eigenvalue weighted by atomic mass is 79.9. The van der Waals surface area contributed by atoms with Crippen molar-refractivity contribution in [1.82, 2.24) is 14.5 Å². The summed E-state index contributed by atoms with van der Waals surface area (Å²) in [6.07, 6.45) is 0. The zero-order valence-electron chi connectivity index (χ0n) is 16.9. The molecule has 1 amide bonds. The molecule has 2 rings (SSSR count). The van der Waals surface area contributed by atoms with Crippen molar-refractivity contribution in [2.75, 3.05) is 41.3 Å². The van der Waals surface area contributed by atoms with Gasteiger partial charge in [0.05, 0.1) is 24.6 Å². The number of benzene rings is 2. The lowest BCUT2D eigenvalue weighted by Gasteiger charge is -2.26.